The zero-order chi connectivity index (χ0) is 26.0. The van der Waals surface area contributed by atoms with E-state index in [2.05, 4.69) is 32.2 Å². The van der Waals surface area contributed by atoms with Gasteiger partial charge in [-0.3, -0.25) is 9.59 Å². The number of fused-ring (bicyclic) bond motifs is 1. The van der Waals surface area contributed by atoms with Crippen molar-refractivity contribution in [2.24, 2.45) is 5.92 Å². The van der Waals surface area contributed by atoms with Gasteiger partial charge >= 0.3 is 5.97 Å². The summed E-state index contributed by atoms with van der Waals surface area (Å²) >= 11 is 5.06. The van der Waals surface area contributed by atoms with Gasteiger partial charge in [-0.05, 0) is 96.8 Å². The van der Waals surface area contributed by atoms with Gasteiger partial charge in [0.05, 0.1) is 5.60 Å². The van der Waals surface area contributed by atoms with Crippen molar-refractivity contribution in [3.63, 3.8) is 0 Å². The quantitative estimate of drug-likeness (QED) is 0.249. The molecule has 1 N–H and O–H groups in total. The first-order valence-electron chi connectivity index (χ1n) is 13.1. The number of likely N-dealkylation sites (tertiary alicyclic amines) is 1. The summed E-state index contributed by atoms with van der Waals surface area (Å²) in [7, 11) is 1.84. The highest BCUT2D eigenvalue weighted by Gasteiger charge is 2.59. The molecule has 1 amide bonds. The number of benzene rings is 1. The molecule has 2 aromatic rings. The van der Waals surface area contributed by atoms with Crippen molar-refractivity contribution >= 4 is 45.2 Å². The minimum atomic E-state index is -0.366. The number of halogens is 1. The average Bonchev–Trinajstić information content (AvgIpc) is 3.59. The molecule has 2 aliphatic carbocycles. The SMILES string of the molecule is CO[C@]12CC[C@H](NC(=O)C=Cc3cc(Br)cs3)C[C@]1(c1cccc(OC(C)=O)c1)CCN(CC1CC1)C2. The van der Waals surface area contributed by atoms with E-state index in [0.29, 0.717) is 5.75 Å². The Hall–Kier alpha value is -2.00. The van der Waals surface area contributed by atoms with E-state index in [9.17, 15) is 9.59 Å². The van der Waals surface area contributed by atoms with Crippen LogP contribution >= 0.6 is 27.3 Å². The van der Waals surface area contributed by atoms with Crippen LogP contribution in [0, 0.1) is 5.92 Å². The van der Waals surface area contributed by atoms with E-state index < -0.39 is 0 Å². The average molecular weight is 588 g/mol. The number of ether oxygens (including phenoxy) is 2. The topological polar surface area (TPSA) is 67.9 Å². The predicted octanol–water partition coefficient (Wildman–Crippen LogP) is 5.56. The molecule has 198 valence electrons. The number of piperidine rings is 1. The van der Waals surface area contributed by atoms with Gasteiger partial charge in [0.15, 0.2) is 0 Å². The first-order valence-corrected chi connectivity index (χ1v) is 14.8. The van der Waals surface area contributed by atoms with Crippen LogP contribution < -0.4 is 10.1 Å². The van der Waals surface area contributed by atoms with Crippen LogP contribution in [-0.2, 0) is 19.7 Å². The third-order valence-electron chi connectivity index (χ3n) is 8.28. The van der Waals surface area contributed by atoms with Crippen LogP contribution in [0.25, 0.3) is 6.08 Å². The fraction of sp³-hybridized carbons (Fsp3) is 0.517. The number of nitrogens with zero attached hydrogens (tertiary/aromatic N) is 1. The van der Waals surface area contributed by atoms with Crippen LogP contribution in [0.5, 0.6) is 5.75 Å². The van der Waals surface area contributed by atoms with Crippen molar-refractivity contribution < 1.29 is 19.1 Å². The summed E-state index contributed by atoms with van der Waals surface area (Å²) < 4.78 is 13.0. The molecule has 8 heteroatoms. The normalized spacial score (nSPS) is 28.1. The number of rotatable bonds is 8. The number of esters is 1. The van der Waals surface area contributed by atoms with Crippen LogP contribution in [0.2, 0.25) is 0 Å². The number of carbonyl (C=O) groups excluding carboxylic acids is 2. The van der Waals surface area contributed by atoms with Gasteiger partial charge in [-0.1, -0.05) is 12.1 Å². The van der Waals surface area contributed by atoms with Crippen LogP contribution in [0.4, 0.5) is 0 Å². The minimum Gasteiger partial charge on any atom is -0.427 e. The number of carbonyl (C=O) groups is 2. The number of nitrogens with one attached hydrogen (secondary N) is 1. The van der Waals surface area contributed by atoms with E-state index in [4.69, 9.17) is 9.47 Å². The molecule has 2 saturated carbocycles. The Morgan fingerprint density at radius 1 is 1.24 bits per heavy atom. The first-order chi connectivity index (χ1) is 17.8. The lowest BCUT2D eigenvalue weighted by atomic mass is 9.55. The molecular weight excluding hydrogens is 552 g/mol. The Bertz CT molecular complexity index is 1180. The number of amides is 1. The predicted molar refractivity (Wildman–Crippen MR) is 150 cm³/mol. The van der Waals surface area contributed by atoms with E-state index in [0.717, 1.165) is 66.1 Å². The van der Waals surface area contributed by atoms with Crippen molar-refractivity contribution in [2.75, 3.05) is 26.7 Å². The van der Waals surface area contributed by atoms with Gasteiger partial charge in [0.25, 0.3) is 0 Å². The van der Waals surface area contributed by atoms with E-state index in [1.165, 1.54) is 19.8 Å². The van der Waals surface area contributed by atoms with Crippen LogP contribution in [0.1, 0.15) is 55.9 Å². The monoisotopic (exact) mass is 586 g/mol. The number of hydrogen-bond acceptors (Lipinski definition) is 6. The zero-order valence-corrected chi connectivity index (χ0v) is 23.9. The third-order valence-corrected chi connectivity index (χ3v) is 9.94. The summed E-state index contributed by atoms with van der Waals surface area (Å²) in [6.07, 6.45) is 9.58. The smallest absolute Gasteiger partial charge is 0.308 e. The maximum atomic E-state index is 12.9. The number of thiophene rings is 1. The van der Waals surface area contributed by atoms with Crippen molar-refractivity contribution in [3.8, 4) is 5.75 Å². The van der Waals surface area contributed by atoms with E-state index in [-0.39, 0.29) is 28.9 Å². The highest BCUT2D eigenvalue weighted by molar-refractivity contribution is 9.10. The molecule has 1 saturated heterocycles. The van der Waals surface area contributed by atoms with Crippen molar-refractivity contribution in [1.29, 1.82) is 0 Å². The molecule has 3 aliphatic rings. The molecule has 0 spiro atoms. The van der Waals surface area contributed by atoms with Gasteiger partial charge in [0.1, 0.15) is 5.75 Å². The van der Waals surface area contributed by atoms with Crippen molar-refractivity contribution in [2.45, 2.75) is 62.5 Å². The summed E-state index contributed by atoms with van der Waals surface area (Å²) in [4.78, 5) is 28.2. The van der Waals surface area contributed by atoms with Crippen LogP contribution in [0.15, 0.2) is 46.3 Å². The summed E-state index contributed by atoms with van der Waals surface area (Å²) in [5.74, 6) is 0.973. The molecule has 2 heterocycles. The van der Waals surface area contributed by atoms with Gasteiger partial charge < -0.3 is 19.7 Å². The Morgan fingerprint density at radius 2 is 2.08 bits per heavy atom. The van der Waals surface area contributed by atoms with E-state index >= 15 is 0 Å². The second kappa shape index (κ2) is 11.0. The summed E-state index contributed by atoms with van der Waals surface area (Å²) in [5.41, 5.74) is 0.461. The van der Waals surface area contributed by atoms with Crippen LogP contribution in [0.3, 0.4) is 0 Å². The molecule has 1 aromatic heterocycles. The standard InChI is InChI=1S/C29H35BrN2O4S/c1-20(33)36-25-5-3-4-22(14-25)28-12-13-32(17-21-6-7-21)19-29(28,35-2)11-10-24(16-28)31-27(34)9-8-26-15-23(30)18-37-26/h3-5,8-9,14-15,18,21,24H,6-7,10-13,16-17,19H2,1-2H3,(H,31,34)/t24-,28-,29-/m0/s1. The van der Waals surface area contributed by atoms with Gasteiger partial charge in [0.2, 0.25) is 5.91 Å². The van der Waals surface area contributed by atoms with E-state index in [1.807, 2.05) is 42.8 Å². The summed E-state index contributed by atoms with van der Waals surface area (Å²) in [5, 5.41) is 5.28. The van der Waals surface area contributed by atoms with Crippen LogP contribution in [-0.4, -0.2) is 55.2 Å². The summed E-state index contributed by atoms with van der Waals surface area (Å²) in [6.45, 7) is 4.44. The third kappa shape index (κ3) is 5.87. The molecule has 5 rings (SSSR count). The maximum absolute atomic E-state index is 12.9. The van der Waals surface area contributed by atoms with Crippen molar-refractivity contribution in [1.82, 2.24) is 10.2 Å². The molecular formula is C29H35BrN2O4S. The molecule has 3 fully saturated rings. The maximum Gasteiger partial charge on any atom is 0.308 e. The Balaban J connectivity index is 1.41. The van der Waals surface area contributed by atoms with Gasteiger partial charge in [-0.15, -0.1) is 11.3 Å². The molecule has 1 aliphatic heterocycles. The zero-order valence-electron chi connectivity index (χ0n) is 21.5. The number of hydrogen-bond donors (Lipinski definition) is 1. The molecule has 6 nitrogen and oxygen atoms in total. The minimum absolute atomic E-state index is 0.0304. The van der Waals surface area contributed by atoms with Gasteiger partial charge in [-0.2, -0.15) is 0 Å². The molecule has 3 atom stereocenters. The van der Waals surface area contributed by atoms with E-state index in [1.54, 1.807) is 17.4 Å². The highest BCUT2D eigenvalue weighted by atomic mass is 79.9. The molecule has 0 radical (unpaired) electrons. The Labute approximate surface area is 231 Å². The molecule has 1 aromatic carbocycles. The Morgan fingerprint density at radius 3 is 2.78 bits per heavy atom. The second-order valence-corrected chi connectivity index (χ2v) is 12.6. The van der Waals surface area contributed by atoms with Crippen molar-refractivity contribution in [3.05, 3.63) is 56.7 Å². The Kier molecular flexibility index (Phi) is 7.91. The van der Waals surface area contributed by atoms with Gasteiger partial charge in [0, 0.05) is 59.4 Å². The lowest BCUT2D eigenvalue weighted by Gasteiger charge is -2.60. The molecule has 0 bridgehead atoms. The first kappa shape index (κ1) is 26.6. The second-order valence-electron chi connectivity index (χ2n) is 10.8. The van der Waals surface area contributed by atoms with Gasteiger partial charge in [-0.25, -0.2) is 0 Å². The molecule has 37 heavy (non-hydrogen) atoms. The fourth-order valence-electron chi connectivity index (χ4n) is 6.38. The number of methoxy groups -OCH3 is 1. The largest absolute Gasteiger partial charge is 0.427 e. The fourth-order valence-corrected chi connectivity index (χ4v) is 7.72. The lowest BCUT2D eigenvalue weighted by Crippen LogP contribution is -2.68. The molecule has 0 unspecified atom stereocenters. The highest BCUT2D eigenvalue weighted by Crippen LogP contribution is 2.54. The summed E-state index contributed by atoms with van der Waals surface area (Å²) in [6, 6.07) is 9.96. The lowest BCUT2D eigenvalue weighted by molar-refractivity contribution is -0.150.